The van der Waals surface area contributed by atoms with E-state index >= 15 is 0 Å². The number of hydrogen-bond donors (Lipinski definition) is 0. The smallest absolute Gasteiger partial charge is 0.204 e. The van der Waals surface area contributed by atoms with E-state index in [9.17, 15) is 0 Å². The van der Waals surface area contributed by atoms with Gasteiger partial charge in [-0.2, -0.15) is 0 Å². The normalized spacial score (nSPS) is 11.6. The SMILES string of the molecule is CCC(CC)N(C)c1nc2ccccc2n2cnnc12. The zero-order valence-electron chi connectivity index (χ0n) is 12.1. The minimum Gasteiger partial charge on any atom is -0.354 e. The molecule has 0 spiro atoms. The molecule has 20 heavy (non-hydrogen) atoms. The Hall–Kier alpha value is -2.17. The van der Waals surface area contributed by atoms with Crippen molar-refractivity contribution in [1.82, 2.24) is 19.6 Å². The van der Waals surface area contributed by atoms with Crippen molar-refractivity contribution in [2.45, 2.75) is 32.7 Å². The van der Waals surface area contributed by atoms with E-state index in [-0.39, 0.29) is 0 Å². The third-order valence-corrected chi connectivity index (χ3v) is 3.94. The quantitative estimate of drug-likeness (QED) is 0.730. The van der Waals surface area contributed by atoms with Gasteiger partial charge in [0.1, 0.15) is 6.33 Å². The zero-order valence-corrected chi connectivity index (χ0v) is 12.1. The van der Waals surface area contributed by atoms with Gasteiger partial charge in [-0.05, 0) is 25.0 Å². The summed E-state index contributed by atoms with van der Waals surface area (Å²) in [5.74, 6) is 0.898. The maximum absolute atomic E-state index is 4.79. The van der Waals surface area contributed by atoms with Crippen molar-refractivity contribution >= 4 is 22.5 Å². The predicted molar refractivity (Wildman–Crippen MR) is 81.1 cm³/mol. The van der Waals surface area contributed by atoms with E-state index in [2.05, 4.69) is 36.0 Å². The minimum atomic E-state index is 0.462. The van der Waals surface area contributed by atoms with E-state index in [0.29, 0.717) is 6.04 Å². The van der Waals surface area contributed by atoms with Crippen LogP contribution in [0.5, 0.6) is 0 Å². The number of aromatic nitrogens is 4. The minimum absolute atomic E-state index is 0.462. The van der Waals surface area contributed by atoms with Crippen molar-refractivity contribution in [3.63, 3.8) is 0 Å². The molecule has 0 aliphatic rings. The van der Waals surface area contributed by atoms with Gasteiger partial charge >= 0.3 is 0 Å². The van der Waals surface area contributed by atoms with Crippen LogP contribution >= 0.6 is 0 Å². The van der Waals surface area contributed by atoms with E-state index in [1.807, 2.05) is 28.7 Å². The highest BCUT2D eigenvalue weighted by molar-refractivity contribution is 5.82. The number of anilines is 1. The number of benzene rings is 1. The summed E-state index contributed by atoms with van der Waals surface area (Å²) in [7, 11) is 2.09. The fraction of sp³-hybridized carbons (Fsp3) is 0.400. The van der Waals surface area contributed by atoms with Crippen molar-refractivity contribution in [3.8, 4) is 0 Å². The van der Waals surface area contributed by atoms with E-state index in [1.165, 1.54) is 0 Å². The Morgan fingerprint density at radius 2 is 1.95 bits per heavy atom. The first kappa shape index (κ1) is 12.8. The van der Waals surface area contributed by atoms with Crippen LogP contribution in [0.3, 0.4) is 0 Å². The Morgan fingerprint density at radius 1 is 1.20 bits per heavy atom. The first-order valence-corrected chi connectivity index (χ1v) is 7.07. The molecular formula is C15H19N5. The third kappa shape index (κ3) is 1.90. The number of para-hydroxylation sites is 2. The molecule has 3 aromatic rings. The van der Waals surface area contributed by atoms with Gasteiger partial charge in [-0.15, -0.1) is 10.2 Å². The number of fused-ring (bicyclic) bond motifs is 3. The summed E-state index contributed by atoms with van der Waals surface area (Å²) in [6, 6.07) is 8.54. The number of hydrogen-bond acceptors (Lipinski definition) is 4. The van der Waals surface area contributed by atoms with Gasteiger partial charge in [-0.1, -0.05) is 26.0 Å². The second kappa shape index (κ2) is 5.07. The highest BCUT2D eigenvalue weighted by Crippen LogP contribution is 2.24. The largest absolute Gasteiger partial charge is 0.354 e. The number of rotatable bonds is 4. The molecule has 3 rings (SSSR count). The summed E-state index contributed by atoms with van der Waals surface area (Å²) in [5.41, 5.74) is 2.82. The molecule has 0 fully saturated rings. The van der Waals surface area contributed by atoms with E-state index in [0.717, 1.165) is 35.3 Å². The Kier molecular flexibility index (Phi) is 3.26. The molecule has 2 heterocycles. The van der Waals surface area contributed by atoms with Crippen LogP contribution in [0.4, 0.5) is 5.82 Å². The van der Waals surface area contributed by atoms with E-state index in [4.69, 9.17) is 4.98 Å². The van der Waals surface area contributed by atoms with Crippen LogP contribution in [0.1, 0.15) is 26.7 Å². The topological polar surface area (TPSA) is 46.3 Å². The third-order valence-electron chi connectivity index (χ3n) is 3.94. The Bertz CT molecular complexity index is 729. The van der Waals surface area contributed by atoms with E-state index in [1.54, 1.807) is 6.33 Å². The van der Waals surface area contributed by atoms with E-state index < -0.39 is 0 Å². The van der Waals surface area contributed by atoms with Gasteiger partial charge in [0.15, 0.2) is 5.82 Å². The second-order valence-corrected chi connectivity index (χ2v) is 5.03. The van der Waals surface area contributed by atoms with Gasteiger partial charge in [-0.3, -0.25) is 4.40 Å². The van der Waals surface area contributed by atoms with Crippen LogP contribution in [0.15, 0.2) is 30.6 Å². The molecule has 0 saturated carbocycles. The van der Waals surface area contributed by atoms with Gasteiger partial charge in [0.05, 0.1) is 11.0 Å². The van der Waals surface area contributed by atoms with Gasteiger partial charge in [0.2, 0.25) is 5.65 Å². The maximum atomic E-state index is 4.79. The lowest BCUT2D eigenvalue weighted by atomic mass is 10.1. The second-order valence-electron chi connectivity index (χ2n) is 5.03. The average molecular weight is 269 g/mol. The van der Waals surface area contributed by atoms with Crippen LogP contribution in [0.2, 0.25) is 0 Å². The lowest BCUT2D eigenvalue weighted by Gasteiger charge is -2.27. The van der Waals surface area contributed by atoms with Crippen molar-refractivity contribution in [1.29, 1.82) is 0 Å². The summed E-state index contributed by atoms with van der Waals surface area (Å²) < 4.78 is 2.01. The van der Waals surface area contributed by atoms with Crippen LogP contribution in [0.25, 0.3) is 16.7 Å². The first-order valence-electron chi connectivity index (χ1n) is 7.07. The first-order chi connectivity index (χ1) is 9.76. The summed E-state index contributed by atoms with van der Waals surface area (Å²) in [5, 5.41) is 8.30. The summed E-state index contributed by atoms with van der Waals surface area (Å²) in [6.45, 7) is 4.40. The molecule has 0 aliphatic carbocycles. The summed E-state index contributed by atoms with van der Waals surface area (Å²) in [4.78, 5) is 7.01. The Morgan fingerprint density at radius 3 is 2.70 bits per heavy atom. The molecule has 104 valence electrons. The molecule has 0 saturated heterocycles. The lowest BCUT2D eigenvalue weighted by molar-refractivity contribution is 0.588. The lowest BCUT2D eigenvalue weighted by Crippen LogP contribution is -2.31. The molecule has 0 bridgehead atoms. The van der Waals surface area contributed by atoms with Gasteiger partial charge < -0.3 is 4.90 Å². The molecule has 2 aromatic heterocycles. The molecule has 0 radical (unpaired) electrons. The highest BCUT2D eigenvalue weighted by Gasteiger charge is 2.18. The highest BCUT2D eigenvalue weighted by atomic mass is 15.3. The molecule has 0 N–H and O–H groups in total. The summed E-state index contributed by atoms with van der Waals surface area (Å²) >= 11 is 0. The Labute approximate surface area is 118 Å². The van der Waals surface area contributed by atoms with Crippen LogP contribution < -0.4 is 4.90 Å². The maximum Gasteiger partial charge on any atom is 0.204 e. The summed E-state index contributed by atoms with van der Waals surface area (Å²) in [6.07, 6.45) is 3.92. The Balaban J connectivity index is 2.25. The van der Waals surface area contributed by atoms with Crippen molar-refractivity contribution in [2.75, 3.05) is 11.9 Å². The average Bonchev–Trinajstić information content (AvgIpc) is 2.97. The van der Waals surface area contributed by atoms with Crippen molar-refractivity contribution < 1.29 is 0 Å². The van der Waals surface area contributed by atoms with Crippen molar-refractivity contribution in [3.05, 3.63) is 30.6 Å². The van der Waals surface area contributed by atoms with Crippen molar-refractivity contribution in [2.24, 2.45) is 0 Å². The van der Waals surface area contributed by atoms with Gasteiger partial charge in [0.25, 0.3) is 0 Å². The van der Waals surface area contributed by atoms with Gasteiger partial charge in [0, 0.05) is 13.1 Å². The predicted octanol–water partition coefficient (Wildman–Crippen LogP) is 2.90. The van der Waals surface area contributed by atoms with Crippen LogP contribution in [0, 0.1) is 0 Å². The van der Waals surface area contributed by atoms with Crippen LogP contribution in [-0.2, 0) is 0 Å². The fourth-order valence-electron chi connectivity index (χ4n) is 2.74. The fourth-order valence-corrected chi connectivity index (χ4v) is 2.74. The molecule has 5 heteroatoms. The number of nitrogens with zero attached hydrogens (tertiary/aromatic N) is 5. The van der Waals surface area contributed by atoms with Gasteiger partial charge in [-0.25, -0.2) is 4.98 Å². The zero-order chi connectivity index (χ0) is 14.1. The standard InChI is InChI=1S/C15H19N5/c1-4-11(5-2)19(3)14-15-18-16-10-20(15)13-9-7-6-8-12(13)17-14/h6-11H,4-5H2,1-3H3. The molecule has 1 aromatic carbocycles. The molecule has 5 nitrogen and oxygen atoms in total. The molecule has 0 aliphatic heterocycles. The van der Waals surface area contributed by atoms with Crippen LogP contribution in [-0.4, -0.2) is 32.7 Å². The molecule has 0 atom stereocenters. The molecule has 0 amide bonds. The molecule has 0 unspecified atom stereocenters. The monoisotopic (exact) mass is 269 g/mol. The molecular weight excluding hydrogens is 250 g/mol.